The van der Waals surface area contributed by atoms with Crippen LogP contribution in [0, 0.1) is 0 Å². The molecular formula is C15H12N2. The van der Waals surface area contributed by atoms with Crippen molar-refractivity contribution < 1.29 is 0 Å². The second kappa shape index (κ2) is 4.28. The second-order valence-corrected chi connectivity index (χ2v) is 3.97. The molecule has 1 aliphatic carbocycles. The Balaban J connectivity index is 2.05. The van der Waals surface area contributed by atoms with E-state index in [1.54, 1.807) is 0 Å². The van der Waals surface area contributed by atoms with E-state index in [2.05, 4.69) is 28.0 Å². The number of aromatic amines is 1. The first-order valence-electron chi connectivity index (χ1n) is 5.63. The third-order valence-electron chi connectivity index (χ3n) is 2.83. The summed E-state index contributed by atoms with van der Waals surface area (Å²) in [4.78, 5) is 7.63. The molecule has 0 fully saturated rings. The molecule has 0 bridgehead atoms. The van der Waals surface area contributed by atoms with Gasteiger partial charge in [-0.25, -0.2) is 0 Å². The van der Waals surface area contributed by atoms with Gasteiger partial charge in [0, 0.05) is 35.1 Å². The van der Waals surface area contributed by atoms with E-state index in [1.807, 2.05) is 42.6 Å². The Morgan fingerprint density at radius 3 is 3.00 bits per heavy atom. The molecule has 0 unspecified atom stereocenters. The zero-order valence-electron chi connectivity index (χ0n) is 9.35. The first-order chi connectivity index (χ1) is 8.43. The van der Waals surface area contributed by atoms with E-state index >= 15 is 0 Å². The van der Waals surface area contributed by atoms with Crippen LogP contribution >= 0.6 is 0 Å². The van der Waals surface area contributed by atoms with Gasteiger partial charge in [0.25, 0.3) is 0 Å². The molecule has 0 atom stereocenters. The van der Waals surface area contributed by atoms with Crippen molar-refractivity contribution in [1.82, 2.24) is 9.97 Å². The highest BCUT2D eigenvalue weighted by molar-refractivity contribution is 5.48. The normalized spacial score (nSPS) is 12.5. The lowest BCUT2D eigenvalue weighted by Crippen LogP contribution is -2.24. The minimum absolute atomic E-state index is 0.852. The first kappa shape index (κ1) is 9.88. The van der Waals surface area contributed by atoms with Crippen molar-refractivity contribution in [3.63, 3.8) is 0 Å². The third kappa shape index (κ3) is 1.99. The van der Waals surface area contributed by atoms with Crippen molar-refractivity contribution >= 4 is 12.2 Å². The summed E-state index contributed by atoms with van der Waals surface area (Å²) < 4.78 is 0. The van der Waals surface area contributed by atoms with Gasteiger partial charge in [0.05, 0.1) is 0 Å². The topological polar surface area (TPSA) is 28.7 Å². The Bertz CT molecular complexity index is 699. The van der Waals surface area contributed by atoms with Crippen molar-refractivity contribution in [1.29, 1.82) is 0 Å². The average molecular weight is 220 g/mol. The molecule has 3 rings (SSSR count). The third-order valence-corrected chi connectivity index (χ3v) is 2.83. The fraction of sp³-hybridized carbons (Fsp3) is 0.0667. The summed E-state index contributed by atoms with van der Waals surface area (Å²) in [6, 6.07) is 6.01. The summed E-state index contributed by atoms with van der Waals surface area (Å²) >= 11 is 0. The monoisotopic (exact) mass is 220 g/mol. The largest absolute Gasteiger partial charge is 0.361 e. The molecule has 17 heavy (non-hydrogen) atoms. The number of allylic oxidation sites excluding steroid dienone is 1. The minimum atomic E-state index is 0.852. The van der Waals surface area contributed by atoms with Crippen molar-refractivity contribution in [2.45, 2.75) is 6.42 Å². The Hall–Kier alpha value is -2.31. The number of hydrogen-bond acceptors (Lipinski definition) is 1. The molecule has 0 amide bonds. The Morgan fingerprint density at radius 2 is 2.12 bits per heavy atom. The zero-order valence-corrected chi connectivity index (χ0v) is 9.35. The number of fused-ring (bicyclic) bond motifs is 1. The lowest BCUT2D eigenvalue weighted by Gasteiger charge is -1.97. The number of H-pyrrole nitrogens is 1. The van der Waals surface area contributed by atoms with Crippen molar-refractivity contribution in [3.05, 3.63) is 70.3 Å². The molecule has 2 heterocycles. The fourth-order valence-corrected chi connectivity index (χ4v) is 1.99. The lowest BCUT2D eigenvalue weighted by molar-refractivity contribution is 1.07. The predicted octanol–water partition coefficient (Wildman–Crippen LogP) is 1.29. The van der Waals surface area contributed by atoms with E-state index in [4.69, 9.17) is 0 Å². The molecule has 1 aliphatic rings. The number of rotatable bonds is 2. The average Bonchev–Trinajstić information content (AvgIpc) is 2.61. The predicted molar refractivity (Wildman–Crippen MR) is 68.7 cm³/mol. The number of nitrogens with zero attached hydrogens (tertiary/aromatic N) is 1. The van der Waals surface area contributed by atoms with Crippen LogP contribution in [0.15, 0.2) is 48.5 Å². The van der Waals surface area contributed by atoms with Gasteiger partial charge in [-0.05, 0) is 42.0 Å². The molecule has 82 valence electrons. The maximum atomic E-state index is 4.35. The van der Waals surface area contributed by atoms with E-state index in [1.165, 1.54) is 10.8 Å². The molecule has 0 aliphatic heterocycles. The molecule has 0 aromatic carbocycles. The molecule has 2 aromatic rings. The summed E-state index contributed by atoms with van der Waals surface area (Å²) in [5.74, 6) is 0. The van der Waals surface area contributed by atoms with E-state index < -0.39 is 0 Å². The number of nitrogens with one attached hydrogen (secondary N) is 1. The molecule has 0 radical (unpaired) electrons. The van der Waals surface area contributed by atoms with Crippen LogP contribution in [-0.2, 0) is 6.42 Å². The van der Waals surface area contributed by atoms with Gasteiger partial charge >= 0.3 is 0 Å². The fourth-order valence-electron chi connectivity index (χ4n) is 1.99. The smallest absolute Gasteiger partial charge is 0.0463 e. The van der Waals surface area contributed by atoms with Crippen LogP contribution in [0.2, 0.25) is 0 Å². The van der Waals surface area contributed by atoms with E-state index in [0.717, 1.165) is 17.5 Å². The minimum Gasteiger partial charge on any atom is -0.361 e. The maximum absolute atomic E-state index is 4.35. The Labute approximate surface area is 99.3 Å². The highest BCUT2D eigenvalue weighted by Gasteiger charge is 2.01. The van der Waals surface area contributed by atoms with Crippen molar-refractivity contribution in [3.8, 4) is 0 Å². The molecule has 2 aromatic heterocycles. The zero-order chi connectivity index (χ0) is 11.5. The molecule has 2 heteroatoms. The van der Waals surface area contributed by atoms with E-state index in [0.29, 0.717) is 0 Å². The Kier molecular flexibility index (Phi) is 2.49. The summed E-state index contributed by atoms with van der Waals surface area (Å²) in [7, 11) is 0. The summed E-state index contributed by atoms with van der Waals surface area (Å²) in [6.07, 6.45) is 12.7. The molecule has 0 saturated heterocycles. The van der Waals surface area contributed by atoms with Gasteiger partial charge in [0.1, 0.15) is 0 Å². The van der Waals surface area contributed by atoms with Crippen molar-refractivity contribution in [2.24, 2.45) is 0 Å². The van der Waals surface area contributed by atoms with E-state index in [9.17, 15) is 0 Å². The van der Waals surface area contributed by atoms with Gasteiger partial charge in [-0.2, -0.15) is 0 Å². The van der Waals surface area contributed by atoms with Crippen LogP contribution in [0.1, 0.15) is 11.3 Å². The number of pyridine rings is 1. The number of aromatic nitrogens is 2. The first-order valence-corrected chi connectivity index (χ1v) is 5.63. The quantitative estimate of drug-likeness (QED) is 0.759. The van der Waals surface area contributed by atoms with Crippen molar-refractivity contribution in [2.75, 3.05) is 0 Å². The van der Waals surface area contributed by atoms with Gasteiger partial charge in [-0.3, -0.25) is 4.98 Å². The second-order valence-electron chi connectivity index (χ2n) is 3.97. The summed E-state index contributed by atoms with van der Waals surface area (Å²) in [6.45, 7) is 0. The lowest BCUT2D eigenvalue weighted by atomic mass is 10.1. The standard InChI is InChI=1S/C15H12N2/c1-2-7-14-12(11-17-15(14)8-3-1)10-13-6-4-5-9-16-13/h2-9,11,17H,10H2. The van der Waals surface area contributed by atoms with Crippen LogP contribution in [0.25, 0.3) is 12.2 Å². The molecule has 0 saturated carbocycles. The maximum Gasteiger partial charge on any atom is 0.0463 e. The highest BCUT2D eigenvalue weighted by atomic mass is 14.7. The molecular weight excluding hydrogens is 208 g/mol. The van der Waals surface area contributed by atoms with Crippen LogP contribution < -0.4 is 10.6 Å². The SMILES string of the molecule is C1=CC=c2[nH]cc(Cc3ccccn3)c2=CC=1. The highest BCUT2D eigenvalue weighted by Crippen LogP contribution is 2.00. The van der Waals surface area contributed by atoms with Crippen LogP contribution in [0.5, 0.6) is 0 Å². The van der Waals surface area contributed by atoms with Gasteiger partial charge in [-0.1, -0.05) is 6.07 Å². The van der Waals surface area contributed by atoms with Crippen LogP contribution in [-0.4, -0.2) is 9.97 Å². The Morgan fingerprint density at radius 1 is 1.18 bits per heavy atom. The summed E-state index contributed by atoms with van der Waals surface area (Å²) in [5.41, 5.74) is 5.43. The van der Waals surface area contributed by atoms with Gasteiger partial charge in [0.15, 0.2) is 0 Å². The molecule has 0 spiro atoms. The van der Waals surface area contributed by atoms with Crippen LogP contribution in [0.4, 0.5) is 0 Å². The molecule has 2 nitrogen and oxygen atoms in total. The number of hydrogen-bond donors (Lipinski definition) is 1. The summed E-state index contributed by atoms with van der Waals surface area (Å²) in [5, 5.41) is 2.37. The van der Waals surface area contributed by atoms with Gasteiger partial charge in [0.2, 0.25) is 0 Å². The van der Waals surface area contributed by atoms with Gasteiger partial charge in [-0.15, -0.1) is 5.73 Å². The van der Waals surface area contributed by atoms with E-state index in [-0.39, 0.29) is 0 Å². The van der Waals surface area contributed by atoms with Gasteiger partial charge < -0.3 is 4.98 Å². The molecule has 1 N–H and O–H groups in total. The van der Waals surface area contributed by atoms with Crippen LogP contribution in [0.3, 0.4) is 0 Å².